The molecule has 0 bridgehead atoms. The van der Waals surface area contributed by atoms with Gasteiger partial charge in [0.2, 0.25) is 0 Å². The number of phenolic OH excluding ortho intramolecular Hbond substituents is 2. The molecule has 6 heteroatoms. The molecule has 1 fully saturated rings. The van der Waals surface area contributed by atoms with Crippen LogP contribution >= 0.6 is 24.2 Å². The van der Waals surface area contributed by atoms with Crippen LogP contribution in [0.15, 0.2) is 71.6 Å². The van der Waals surface area contributed by atoms with Gasteiger partial charge in [-0.15, -0.1) is 24.2 Å². The van der Waals surface area contributed by atoms with Gasteiger partial charge in [0.15, 0.2) is 0 Å². The predicted molar refractivity (Wildman–Crippen MR) is 155 cm³/mol. The first-order valence-electron chi connectivity index (χ1n) is 13.2. The number of piperidine rings is 1. The Labute approximate surface area is 231 Å². The number of unbranched alkanes of at least 4 members (excludes halogenated alkanes) is 1. The van der Waals surface area contributed by atoms with Crippen LogP contribution < -0.4 is 4.74 Å². The normalized spacial score (nSPS) is 21.6. The van der Waals surface area contributed by atoms with E-state index in [0.717, 1.165) is 29.4 Å². The Hall–Kier alpha value is -2.34. The molecule has 0 spiro atoms. The maximum absolute atomic E-state index is 10.1. The number of ether oxygens (including phenoxy) is 1. The zero-order chi connectivity index (χ0) is 25.0. The second-order valence-electron chi connectivity index (χ2n) is 10.4. The molecular weight excluding hydrogens is 502 g/mol. The Kier molecular flexibility index (Phi) is 9.33. The predicted octanol–water partition coefficient (Wildman–Crippen LogP) is 7.36. The fraction of sp³-hybridized carbons (Fsp3) is 0.419. The van der Waals surface area contributed by atoms with E-state index in [4.69, 9.17) is 4.74 Å². The highest BCUT2D eigenvalue weighted by atomic mass is 35.5. The molecule has 0 radical (unpaired) electrons. The van der Waals surface area contributed by atoms with Crippen LogP contribution in [0.25, 0.3) is 0 Å². The van der Waals surface area contributed by atoms with Gasteiger partial charge in [-0.05, 0) is 98.4 Å². The first-order chi connectivity index (χ1) is 17.5. The molecule has 1 saturated heterocycles. The summed E-state index contributed by atoms with van der Waals surface area (Å²) in [6, 6.07) is 21.9. The van der Waals surface area contributed by atoms with Gasteiger partial charge in [0.05, 0.1) is 6.61 Å². The Bertz CT molecular complexity index is 1150. The van der Waals surface area contributed by atoms with Gasteiger partial charge < -0.3 is 19.8 Å². The summed E-state index contributed by atoms with van der Waals surface area (Å²) in [5.41, 5.74) is 3.49. The van der Waals surface area contributed by atoms with Crippen LogP contribution in [0.1, 0.15) is 61.6 Å². The van der Waals surface area contributed by atoms with Crippen molar-refractivity contribution in [1.29, 1.82) is 0 Å². The zero-order valence-corrected chi connectivity index (χ0v) is 23.2. The van der Waals surface area contributed by atoms with Gasteiger partial charge in [-0.25, -0.2) is 0 Å². The van der Waals surface area contributed by atoms with Crippen LogP contribution in [0.2, 0.25) is 0 Å². The molecule has 3 aromatic rings. The molecule has 37 heavy (non-hydrogen) atoms. The van der Waals surface area contributed by atoms with E-state index < -0.39 is 0 Å². The van der Waals surface area contributed by atoms with Crippen LogP contribution in [-0.2, 0) is 5.41 Å². The third-order valence-electron chi connectivity index (χ3n) is 7.80. The number of aromatic hydroxyl groups is 2. The van der Waals surface area contributed by atoms with Gasteiger partial charge in [-0.1, -0.05) is 43.7 Å². The molecule has 2 heterocycles. The molecule has 198 valence electrons. The Balaban J connectivity index is 0.00000320. The lowest BCUT2D eigenvalue weighted by Gasteiger charge is -2.43. The molecule has 0 amide bonds. The van der Waals surface area contributed by atoms with Crippen LogP contribution in [0.4, 0.5) is 0 Å². The number of likely N-dealkylation sites (tertiary alicyclic amines) is 1. The van der Waals surface area contributed by atoms with Crippen molar-refractivity contribution in [3.63, 3.8) is 0 Å². The minimum Gasteiger partial charge on any atom is -0.508 e. The van der Waals surface area contributed by atoms with Crippen molar-refractivity contribution in [1.82, 2.24) is 4.90 Å². The fourth-order valence-corrected chi connectivity index (χ4v) is 7.09. The topological polar surface area (TPSA) is 52.9 Å². The van der Waals surface area contributed by atoms with Crippen molar-refractivity contribution < 1.29 is 14.9 Å². The van der Waals surface area contributed by atoms with Crippen molar-refractivity contribution in [3.05, 3.63) is 83.4 Å². The molecule has 0 aliphatic carbocycles. The molecule has 5 rings (SSSR count). The van der Waals surface area contributed by atoms with Crippen molar-refractivity contribution in [2.45, 2.75) is 55.3 Å². The van der Waals surface area contributed by atoms with E-state index in [9.17, 15) is 10.2 Å². The summed E-state index contributed by atoms with van der Waals surface area (Å²) >= 11 is 1.79. The van der Waals surface area contributed by atoms with E-state index >= 15 is 0 Å². The molecule has 2 aliphatic heterocycles. The van der Waals surface area contributed by atoms with E-state index in [1.165, 1.54) is 62.0 Å². The number of fused-ring (bicyclic) bond motifs is 1. The minimum atomic E-state index is -0.167. The van der Waals surface area contributed by atoms with Crippen molar-refractivity contribution in [2.24, 2.45) is 0 Å². The standard InChI is InChI=1S/C31H37NO3S.ClH/c1-31(24-9-11-25(33)12-10-24)22-36-29-21-26(34)13-16-28(29)30(31)23-7-14-27(15-8-23)35-20-6-5-19-32-17-3-2-4-18-32;/h7-16,21,30,33-34H,2-6,17-20,22H2,1H3;1H. The average Bonchev–Trinajstić information content (AvgIpc) is 2.90. The van der Waals surface area contributed by atoms with Gasteiger partial charge >= 0.3 is 0 Å². The second-order valence-corrected chi connectivity index (χ2v) is 11.5. The second kappa shape index (κ2) is 12.5. The van der Waals surface area contributed by atoms with Crippen molar-refractivity contribution in [3.8, 4) is 17.2 Å². The lowest BCUT2D eigenvalue weighted by molar-refractivity contribution is 0.216. The number of nitrogens with zero attached hydrogens (tertiary/aromatic N) is 1. The highest BCUT2D eigenvalue weighted by molar-refractivity contribution is 7.99. The monoisotopic (exact) mass is 539 g/mol. The van der Waals surface area contributed by atoms with E-state index in [2.05, 4.69) is 42.2 Å². The molecule has 3 aromatic carbocycles. The lowest BCUT2D eigenvalue weighted by atomic mass is 9.67. The first-order valence-corrected chi connectivity index (χ1v) is 14.2. The Morgan fingerprint density at radius 1 is 0.892 bits per heavy atom. The summed E-state index contributed by atoms with van der Waals surface area (Å²) in [6.45, 7) is 6.76. The molecule has 4 nitrogen and oxygen atoms in total. The number of thioether (sulfide) groups is 1. The zero-order valence-electron chi connectivity index (χ0n) is 21.6. The van der Waals surface area contributed by atoms with E-state index in [1.807, 2.05) is 18.2 Å². The number of hydrogen-bond acceptors (Lipinski definition) is 5. The Morgan fingerprint density at radius 3 is 2.32 bits per heavy atom. The maximum atomic E-state index is 10.1. The molecule has 2 atom stereocenters. The van der Waals surface area contributed by atoms with Crippen molar-refractivity contribution >= 4 is 24.2 Å². The summed E-state index contributed by atoms with van der Waals surface area (Å²) in [5, 5.41) is 20.0. The summed E-state index contributed by atoms with van der Waals surface area (Å²) in [6.07, 6.45) is 6.34. The lowest BCUT2D eigenvalue weighted by Crippen LogP contribution is -2.36. The number of hydrogen-bond donors (Lipinski definition) is 2. The van der Waals surface area contributed by atoms with Gasteiger partial charge in [0.1, 0.15) is 17.2 Å². The summed E-state index contributed by atoms with van der Waals surface area (Å²) in [7, 11) is 0. The quantitative estimate of drug-likeness (QED) is 0.293. The van der Waals surface area contributed by atoms with Crippen LogP contribution in [0.3, 0.4) is 0 Å². The van der Waals surface area contributed by atoms with E-state index in [0.29, 0.717) is 5.75 Å². The largest absolute Gasteiger partial charge is 0.508 e. The molecule has 0 aromatic heterocycles. The average molecular weight is 540 g/mol. The smallest absolute Gasteiger partial charge is 0.119 e. The molecule has 2 N–H and O–H groups in total. The third kappa shape index (κ3) is 6.39. The van der Waals surface area contributed by atoms with Crippen molar-refractivity contribution in [2.75, 3.05) is 32.0 Å². The molecule has 0 saturated carbocycles. The van der Waals surface area contributed by atoms with Gasteiger partial charge in [-0.2, -0.15) is 0 Å². The van der Waals surface area contributed by atoms with Crippen LogP contribution in [0.5, 0.6) is 17.2 Å². The Morgan fingerprint density at radius 2 is 1.59 bits per heavy atom. The number of rotatable bonds is 8. The SMILES string of the molecule is CC1(c2ccc(O)cc2)CSc2cc(O)ccc2C1c1ccc(OCCCCN2CCCCC2)cc1.Cl. The minimum absolute atomic E-state index is 0. The molecule has 2 aliphatic rings. The summed E-state index contributed by atoms with van der Waals surface area (Å²) in [4.78, 5) is 3.72. The van der Waals surface area contributed by atoms with Gasteiger partial charge in [0.25, 0.3) is 0 Å². The fourth-order valence-electron chi connectivity index (χ4n) is 5.75. The highest BCUT2D eigenvalue weighted by Gasteiger charge is 2.42. The van der Waals surface area contributed by atoms with Crippen LogP contribution in [0, 0.1) is 0 Å². The first kappa shape index (κ1) is 27.7. The van der Waals surface area contributed by atoms with E-state index in [-0.39, 0.29) is 29.5 Å². The maximum Gasteiger partial charge on any atom is 0.119 e. The highest BCUT2D eigenvalue weighted by Crippen LogP contribution is 2.53. The number of phenols is 2. The third-order valence-corrected chi connectivity index (χ3v) is 9.21. The number of benzene rings is 3. The summed E-state index contributed by atoms with van der Waals surface area (Å²) in [5.74, 6) is 2.51. The van der Waals surface area contributed by atoms with Gasteiger partial charge in [-0.3, -0.25) is 0 Å². The summed E-state index contributed by atoms with van der Waals surface area (Å²) < 4.78 is 6.09. The van der Waals surface area contributed by atoms with E-state index in [1.54, 1.807) is 30.0 Å². The number of halogens is 1. The molecular formula is C31H38ClNO3S. The molecule has 2 unspecified atom stereocenters. The van der Waals surface area contributed by atoms with Crippen LogP contribution in [-0.4, -0.2) is 47.1 Å². The van der Waals surface area contributed by atoms with Gasteiger partial charge in [0, 0.05) is 22.0 Å².